The number of hydrogen-bond acceptors (Lipinski definition) is 4. The lowest BCUT2D eigenvalue weighted by molar-refractivity contribution is -0.176. The summed E-state index contributed by atoms with van der Waals surface area (Å²) in [5, 5.41) is 22.7. The van der Waals surface area contributed by atoms with Crippen LogP contribution in [0.1, 0.15) is 43.5 Å². The van der Waals surface area contributed by atoms with Crippen LogP contribution in [0.4, 0.5) is 13.2 Å². The average Bonchev–Trinajstić information content (AvgIpc) is 3.17. The van der Waals surface area contributed by atoms with Crippen LogP contribution in [0.25, 0.3) is 5.57 Å². The monoisotopic (exact) mass is 418 g/mol. The predicted octanol–water partition coefficient (Wildman–Crippen LogP) is 4.11. The first-order chi connectivity index (χ1) is 14.3. The van der Waals surface area contributed by atoms with E-state index >= 15 is 0 Å². The van der Waals surface area contributed by atoms with E-state index in [-0.39, 0.29) is 24.2 Å². The topological polar surface area (TPSA) is 90.9 Å². The molecular formula is C21H21F3N4O2. The van der Waals surface area contributed by atoms with Crippen molar-refractivity contribution in [2.45, 2.75) is 50.4 Å². The highest BCUT2D eigenvalue weighted by Crippen LogP contribution is 2.37. The largest absolute Gasteiger partial charge is 0.508 e. The van der Waals surface area contributed by atoms with Crippen molar-refractivity contribution in [2.24, 2.45) is 0 Å². The van der Waals surface area contributed by atoms with Crippen LogP contribution in [0.3, 0.4) is 0 Å². The van der Waals surface area contributed by atoms with Gasteiger partial charge in [-0.1, -0.05) is 49.6 Å². The van der Waals surface area contributed by atoms with Gasteiger partial charge in [0, 0.05) is 18.9 Å². The molecule has 1 fully saturated rings. The smallest absolute Gasteiger partial charge is 0.471 e. The maximum Gasteiger partial charge on any atom is 0.471 e. The number of hydrogen-bond donors (Lipinski definition) is 2. The van der Waals surface area contributed by atoms with Gasteiger partial charge in [0.25, 0.3) is 0 Å². The minimum absolute atomic E-state index is 0.102. The number of nitrogens with zero attached hydrogens (tertiary/aromatic N) is 3. The number of allylic oxidation sites excluding steroid dienone is 1. The summed E-state index contributed by atoms with van der Waals surface area (Å²) in [6.07, 6.45) is -0.0283. The molecular weight excluding hydrogens is 397 g/mol. The van der Waals surface area contributed by atoms with Gasteiger partial charge < -0.3 is 15.0 Å². The van der Waals surface area contributed by atoms with Gasteiger partial charge in [-0.25, -0.2) is 4.98 Å². The Morgan fingerprint density at radius 2 is 1.90 bits per heavy atom. The number of rotatable bonds is 5. The summed E-state index contributed by atoms with van der Waals surface area (Å²) < 4.78 is 40.4. The lowest BCUT2D eigenvalue weighted by Gasteiger charge is -2.38. The summed E-state index contributed by atoms with van der Waals surface area (Å²) >= 11 is 0. The van der Waals surface area contributed by atoms with Crippen LogP contribution >= 0.6 is 0 Å². The Hall–Kier alpha value is -3.28. The number of aliphatic hydroxyl groups excluding tert-OH is 1. The number of aromatic nitrogens is 2. The van der Waals surface area contributed by atoms with Gasteiger partial charge in [-0.15, -0.1) is 0 Å². The highest BCUT2D eigenvalue weighted by atomic mass is 19.4. The molecule has 3 rings (SSSR count). The first kappa shape index (κ1) is 21.4. The zero-order valence-electron chi connectivity index (χ0n) is 16.1. The fourth-order valence-corrected chi connectivity index (χ4v) is 3.76. The van der Waals surface area contributed by atoms with Crippen molar-refractivity contribution in [3.63, 3.8) is 0 Å². The summed E-state index contributed by atoms with van der Waals surface area (Å²) in [5.74, 6) is -2.59. The Labute approximate surface area is 171 Å². The number of benzene rings is 1. The molecule has 158 valence electrons. The molecule has 0 radical (unpaired) electrons. The number of aliphatic hydroxyl groups is 1. The first-order valence-electron chi connectivity index (χ1n) is 9.55. The minimum Gasteiger partial charge on any atom is -0.508 e. The van der Waals surface area contributed by atoms with Crippen molar-refractivity contribution in [3.8, 4) is 6.07 Å². The molecule has 1 aromatic carbocycles. The van der Waals surface area contributed by atoms with Gasteiger partial charge in [-0.2, -0.15) is 18.4 Å². The first-order valence-corrected chi connectivity index (χ1v) is 9.55. The fraction of sp³-hybridized carbons (Fsp3) is 0.381. The lowest BCUT2D eigenvalue weighted by Crippen LogP contribution is -2.55. The summed E-state index contributed by atoms with van der Waals surface area (Å²) in [6, 6.07) is 11.2. The van der Waals surface area contributed by atoms with Gasteiger partial charge in [0.2, 0.25) is 0 Å². The quantitative estimate of drug-likeness (QED) is 0.565. The van der Waals surface area contributed by atoms with Crippen molar-refractivity contribution in [1.82, 2.24) is 14.9 Å². The molecule has 30 heavy (non-hydrogen) atoms. The van der Waals surface area contributed by atoms with Crippen LogP contribution in [0.5, 0.6) is 0 Å². The molecule has 0 bridgehead atoms. The highest BCUT2D eigenvalue weighted by Gasteiger charge is 2.47. The zero-order chi connectivity index (χ0) is 21.8. The third kappa shape index (κ3) is 4.48. The lowest BCUT2D eigenvalue weighted by atomic mass is 9.78. The number of amides is 1. The van der Waals surface area contributed by atoms with Crippen LogP contribution in [-0.4, -0.2) is 32.3 Å². The number of halogens is 3. The molecule has 1 amide bonds. The highest BCUT2D eigenvalue weighted by molar-refractivity contribution is 5.84. The van der Waals surface area contributed by atoms with E-state index in [1.54, 1.807) is 10.8 Å². The van der Waals surface area contributed by atoms with Crippen molar-refractivity contribution < 1.29 is 23.1 Å². The van der Waals surface area contributed by atoms with Crippen LogP contribution in [0.15, 0.2) is 48.5 Å². The third-order valence-corrected chi connectivity index (χ3v) is 5.25. The van der Waals surface area contributed by atoms with Crippen LogP contribution in [-0.2, 0) is 11.3 Å². The number of nitrogens with one attached hydrogen (secondary N) is 1. The van der Waals surface area contributed by atoms with E-state index in [4.69, 9.17) is 0 Å². The number of carbonyl (C=O) groups excluding carboxylic acids is 1. The fourth-order valence-electron chi connectivity index (χ4n) is 3.76. The molecule has 6 nitrogen and oxygen atoms in total. The summed E-state index contributed by atoms with van der Waals surface area (Å²) in [5.41, 5.74) is -0.981. The molecule has 0 atom stereocenters. The van der Waals surface area contributed by atoms with E-state index in [0.29, 0.717) is 19.4 Å². The van der Waals surface area contributed by atoms with E-state index in [1.807, 2.05) is 41.7 Å². The predicted molar refractivity (Wildman–Crippen MR) is 103 cm³/mol. The van der Waals surface area contributed by atoms with Crippen molar-refractivity contribution >= 4 is 11.5 Å². The molecule has 2 aromatic rings. The Morgan fingerprint density at radius 1 is 1.23 bits per heavy atom. The van der Waals surface area contributed by atoms with Gasteiger partial charge in [-0.3, -0.25) is 4.79 Å². The maximum absolute atomic E-state index is 12.9. The zero-order valence-corrected chi connectivity index (χ0v) is 16.1. The van der Waals surface area contributed by atoms with E-state index < -0.39 is 23.4 Å². The molecule has 1 heterocycles. The standard InChI is InChI=1S/C21H21F3N4O2/c22-21(23,24)19(30)27-20(9-5-2-6-10-20)17(29)16(13-25)18-26-11-12-28(18)14-15-7-3-1-4-8-15/h1,3-4,7-8,11-12,29H,2,5-6,9-10,14H2,(H,27,30)/b17-16-. The molecule has 1 aliphatic rings. The van der Waals surface area contributed by atoms with Crippen LogP contribution in [0, 0.1) is 11.3 Å². The average molecular weight is 418 g/mol. The second-order valence-corrected chi connectivity index (χ2v) is 7.29. The van der Waals surface area contributed by atoms with Crippen LogP contribution in [0.2, 0.25) is 0 Å². The summed E-state index contributed by atoms with van der Waals surface area (Å²) in [7, 11) is 0. The summed E-state index contributed by atoms with van der Waals surface area (Å²) in [6.45, 7) is 0.358. The van der Waals surface area contributed by atoms with E-state index in [0.717, 1.165) is 12.0 Å². The Morgan fingerprint density at radius 3 is 2.50 bits per heavy atom. The maximum atomic E-state index is 12.9. The molecule has 0 spiro atoms. The molecule has 0 saturated heterocycles. The van der Waals surface area contributed by atoms with Crippen molar-refractivity contribution in [2.75, 3.05) is 0 Å². The molecule has 2 N–H and O–H groups in total. The van der Waals surface area contributed by atoms with E-state index in [1.165, 1.54) is 6.20 Å². The second-order valence-electron chi connectivity index (χ2n) is 7.29. The molecule has 0 unspecified atom stereocenters. The van der Waals surface area contributed by atoms with Gasteiger partial charge in [0.1, 0.15) is 17.4 Å². The van der Waals surface area contributed by atoms with Crippen LogP contribution < -0.4 is 5.32 Å². The Bertz CT molecular complexity index is 968. The number of imidazole rings is 1. The van der Waals surface area contributed by atoms with E-state index in [9.17, 15) is 28.3 Å². The number of alkyl halides is 3. The summed E-state index contributed by atoms with van der Waals surface area (Å²) in [4.78, 5) is 15.8. The van der Waals surface area contributed by atoms with Gasteiger partial charge in [-0.05, 0) is 18.4 Å². The molecule has 1 saturated carbocycles. The Balaban J connectivity index is 2.02. The minimum atomic E-state index is -5.09. The molecule has 0 aliphatic heterocycles. The Kier molecular flexibility index (Phi) is 6.15. The SMILES string of the molecule is N#C/C(=C(/O)C1(NC(=O)C(F)(F)F)CCCCC1)c1nccn1Cc1ccccc1. The number of carbonyl (C=O) groups is 1. The second kappa shape index (κ2) is 8.61. The number of nitriles is 1. The van der Waals surface area contributed by atoms with Gasteiger partial charge in [0.15, 0.2) is 5.82 Å². The molecule has 9 heteroatoms. The van der Waals surface area contributed by atoms with E-state index in [2.05, 4.69) is 4.98 Å². The van der Waals surface area contributed by atoms with Gasteiger partial charge in [0.05, 0.1) is 5.54 Å². The van der Waals surface area contributed by atoms with Crippen molar-refractivity contribution in [3.05, 3.63) is 59.9 Å². The molecule has 1 aliphatic carbocycles. The third-order valence-electron chi connectivity index (χ3n) is 5.25. The molecule has 1 aromatic heterocycles. The van der Waals surface area contributed by atoms with Gasteiger partial charge >= 0.3 is 12.1 Å². The van der Waals surface area contributed by atoms with Crippen molar-refractivity contribution in [1.29, 1.82) is 5.26 Å². The normalized spacial score (nSPS) is 17.0.